The van der Waals surface area contributed by atoms with Gasteiger partial charge in [0.15, 0.2) is 5.69 Å². The van der Waals surface area contributed by atoms with Gasteiger partial charge in [0, 0.05) is 83.1 Å². The fourth-order valence-corrected chi connectivity index (χ4v) is 5.96. The molecule has 3 aliphatic rings. The Morgan fingerprint density at radius 1 is 1.05 bits per heavy atom. The van der Waals surface area contributed by atoms with Gasteiger partial charge in [-0.15, -0.1) is 0 Å². The average Bonchev–Trinajstić information content (AvgIpc) is 3.26. The Hall–Kier alpha value is -2.95. The highest BCUT2D eigenvalue weighted by atomic mass is 16.5. The Bertz CT molecular complexity index is 1060. The van der Waals surface area contributed by atoms with E-state index in [9.17, 15) is 19.2 Å². The van der Waals surface area contributed by atoms with E-state index in [2.05, 4.69) is 10.4 Å². The number of likely N-dealkylation sites (N-methyl/N-ethyl adjacent to an activating group) is 1. The maximum Gasteiger partial charge on any atom is 0.272 e. The monoisotopic (exact) mass is 544 g/mol. The highest BCUT2D eigenvalue weighted by molar-refractivity contribution is 5.94. The molecule has 216 valence electrons. The van der Waals surface area contributed by atoms with Crippen molar-refractivity contribution in [1.29, 1.82) is 0 Å². The zero-order valence-electron chi connectivity index (χ0n) is 23.9. The fraction of sp³-hybridized carbons (Fsp3) is 0.750. The number of aromatic nitrogens is 2. The number of hydrogen-bond acceptors (Lipinski definition) is 6. The van der Waals surface area contributed by atoms with E-state index in [-0.39, 0.29) is 54.5 Å². The first-order valence-electron chi connectivity index (χ1n) is 14.4. The molecular formula is C28H44N6O5. The first kappa shape index (κ1) is 29.0. The summed E-state index contributed by atoms with van der Waals surface area (Å²) in [6.45, 7) is 6.83. The van der Waals surface area contributed by atoms with Gasteiger partial charge in [-0.05, 0) is 44.4 Å². The van der Waals surface area contributed by atoms with E-state index in [1.807, 2.05) is 20.9 Å². The lowest BCUT2D eigenvalue weighted by Gasteiger charge is -2.34. The van der Waals surface area contributed by atoms with Crippen LogP contribution in [0.2, 0.25) is 0 Å². The van der Waals surface area contributed by atoms with E-state index >= 15 is 0 Å². The highest BCUT2D eigenvalue weighted by Crippen LogP contribution is 2.27. The summed E-state index contributed by atoms with van der Waals surface area (Å²) < 4.78 is 7.20. The molecule has 1 aromatic heterocycles. The molecule has 11 nitrogen and oxygen atoms in total. The van der Waals surface area contributed by atoms with Gasteiger partial charge in [-0.1, -0.05) is 13.8 Å². The highest BCUT2D eigenvalue weighted by Gasteiger charge is 2.33. The quantitative estimate of drug-likeness (QED) is 0.607. The van der Waals surface area contributed by atoms with Gasteiger partial charge in [-0.3, -0.25) is 23.9 Å². The SMILES string of the molecule is CC(C)CN1CC(=O)N(C)C2CCc3c(c(nn3C)C(=O)NCCN(C(=O)C3CCOCC3)CCCC1=O)C2. The van der Waals surface area contributed by atoms with Crippen LogP contribution in [-0.2, 0) is 39.0 Å². The van der Waals surface area contributed by atoms with Gasteiger partial charge in [0.1, 0.15) is 0 Å². The molecule has 1 N–H and O–H groups in total. The third kappa shape index (κ3) is 6.98. The number of hydrogen-bond donors (Lipinski definition) is 1. The van der Waals surface area contributed by atoms with E-state index in [0.717, 1.165) is 24.1 Å². The minimum absolute atomic E-state index is 0.0297. The molecule has 0 radical (unpaired) electrons. The third-order valence-corrected chi connectivity index (χ3v) is 8.22. The summed E-state index contributed by atoms with van der Waals surface area (Å²) in [4.78, 5) is 58.4. The Balaban J connectivity index is 1.58. The van der Waals surface area contributed by atoms with Gasteiger partial charge >= 0.3 is 0 Å². The van der Waals surface area contributed by atoms with Crippen molar-refractivity contribution >= 4 is 23.6 Å². The average molecular weight is 545 g/mol. The second-order valence-corrected chi connectivity index (χ2v) is 11.5. The summed E-state index contributed by atoms with van der Waals surface area (Å²) >= 11 is 0. The molecule has 3 heterocycles. The number of nitrogens with one attached hydrogen (secondary N) is 1. The van der Waals surface area contributed by atoms with E-state index < -0.39 is 0 Å². The van der Waals surface area contributed by atoms with Crippen molar-refractivity contribution in [1.82, 2.24) is 29.8 Å². The number of ether oxygens (including phenoxy) is 1. The standard InChI is InChI=1S/C28H44N6O5/c1-19(2)17-34-18-25(36)31(3)21-7-8-23-22(16-21)26(30-32(23)4)27(37)29-11-13-33(12-5-6-24(34)35)28(38)20-9-14-39-15-10-20/h19-21H,5-18H2,1-4H3,(H,29,37). The van der Waals surface area contributed by atoms with Crippen LogP contribution in [0.15, 0.2) is 0 Å². The molecule has 1 aliphatic carbocycles. The van der Waals surface area contributed by atoms with Crippen LogP contribution in [0.1, 0.15) is 67.7 Å². The molecule has 4 amide bonds. The van der Waals surface area contributed by atoms with Crippen molar-refractivity contribution in [3.8, 4) is 0 Å². The van der Waals surface area contributed by atoms with Gasteiger partial charge in [0.2, 0.25) is 17.7 Å². The lowest BCUT2D eigenvalue weighted by atomic mass is 9.90. The van der Waals surface area contributed by atoms with E-state index in [1.165, 1.54) is 0 Å². The first-order valence-corrected chi connectivity index (χ1v) is 14.4. The van der Waals surface area contributed by atoms with E-state index in [1.54, 1.807) is 26.4 Å². The Morgan fingerprint density at radius 2 is 1.79 bits per heavy atom. The first-order chi connectivity index (χ1) is 18.7. The minimum Gasteiger partial charge on any atom is -0.381 e. The minimum atomic E-state index is -0.262. The smallest absolute Gasteiger partial charge is 0.272 e. The Labute approximate surface area is 231 Å². The molecule has 1 aromatic rings. The van der Waals surface area contributed by atoms with Crippen LogP contribution >= 0.6 is 0 Å². The predicted octanol–water partition coefficient (Wildman–Crippen LogP) is 0.999. The molecule has 0 aromatic carbocycles. The number of amides is 4. The molecule has 2 aliphatic heterocycles. The summed E-state index contributed by atoms with van der Waals surface area (Å²) in [5.41, 5.74) is 2.28. The molecule has 2 bridgehead atoms. The second-order valence-electron chi connectivity index (χ2n) is 11.5. The van der Waals surface area contributed by atoms with Crippen molar-refractivity contribution in [2.24, 2.45) is 18.9 Å². The van der Waals surface area contributed by atoms with Crippen LogP contribution in [0.4, 0.5) is 0 Å². The number of carbonyl (C=O) groups excluding carboxylic acids is 4. The summed E-state index contributed by atoms with van der Waals surface area (Å²) in [5, 5.41) is 7.50. The van der Waals surface area contributed by atoms with Crippen LogP contribution in [0.5, 0.6) is 0 Å². The second kappa shape index (κ2) is 12.9. The predicted molar refractivity (Wildman–Crippen MR) is 145 cm³/mol. The van der Waals surface area contributed by atoms with Crippen molar-refractivity contribution < 1.29 is 23.9 Å². The normalized spacial score (nSPS) is 22.7. The molecule has 39 heavy (non-hydrogen) atoms. The van der Waals surface area contributed by atoms with Gasteiger partial charge in [-0.2, -0.15) is 5.10 Å². The van der Waals surface area contributed by atoms with Gasteiger partial charge < -0.3 is 24.8 Å². The number of aryl methyl sites for hydroxylation is 1. The fourth-order valence-electron chi connectivity index (χ4n) is 5.96. The lowest BCUT2D eigenvalue weighted by molar-refractivity contribution is -0.142. The summed E-state index contributed by atoms with van der Waals surface area (Å²) in [5.74, 6) is -0.269. The summed E-state index contributed by atoms with van der Waals surface area (Å²) in [6, 6.07) is -0.0694. The van der Waals surface area contributed by atoms with Crippen molar-refractivity contribution in [3.63, 3.8) is 0 Å². The lowest BCUT2D eigenvalue weighted by Crippen LogP contribution is -2.47. The maximum absolute atomic E-state index is 13.4. The summed E-state index contributed by atoms with van der Waals surface area (Å²) in [6.07, 6.45) is 4.15. The molecule has 1 saturated heterocycles. The van der Waals surface area contributed by atoms with Crippen molar-refractivity contribution in [2.45, 2.75) is 64.8 Å². The van der Waals surface area contributed by atoms with Crippen LogP contribution in [0.3, 0.4) is 0 Å². The molecule has 11 heteroatoms. The van der Waals surface area contributed by atoms with Crippen LogP contribution in [0, 0.1) is 11.8 Å². The molecule has 0 spiro atoms. The van der Waals surface area contributed by atoms with E-state index in [4.69, 9.17) is 4.74 Å². The zero-order valence-corrected chi connectivity index (χ0v) is 23.9. The Kier molecular flexibility index (Phi) is 9.63. The van der Waals surface area contributed by atoms with Crippen LogP contribution in [-0.4, -0.2) is 107 Å². The maximum atomic E-state index is 13.4. The van der Waals surface area contributed by atoms with Crippen molar-refractivity contribution in [3.05, 3.63) is 17.0 Å². The number of rotatable bonds is 3. The van der Waals surface area contributed by atoms with Gasteiger partial charge in [-0.25, -0.2) is 0 Å². The van der Waals surface area contributed by atoms with Gasteiger partial charge in [0.05, 0.1) is 6.54 Å². The topological polar surface area (TPSA) is 117 Å². The number of carbonyl (C=O) groups is 4. The van der Waals surface area contributed by atoms with Crippen LogP contribution < -0.4 is 5.32 Å². The van der Waals surface area contributed by atoms with Crippen molar-refractivity contribution in [2.75, 3.05) is 53.0 Å². The number of fused-ring (bicyclic) bond motifs is 1. The summed E-state index contributed by atoms with van der Waals surface area (Å²) in [7, 11) is 3.64. The number of nitrogens with zero attached hydrogens (tertiary/aromatic N) is 5. The van der Waals surface area contributed by atoms with E-state index in [0.29, 0.717) is 70.8 Å². The zero-order chi connectivity index (χ0) is 28.1. The van der Waals surface area contributed by atoms with Gasteiger partial charge in [0.25, 0.3) is 5.91 Å². The van der Waals surface area contributed by atoms with Crippen LogP contribution in [0.25, 0.3) is 0 Å². The molecule has 1 unspecified atom stereocenters. The molecular weight excluding hydrogens is 500 g/mol. The third-order valence-electron chi connectivity index (χ3n) is 8.22. The molecule has 0 saturated carbocycles. The molecule has 4 rings (SSSR count). The largest absolute Gasteiger partial charge is 0.381 e. The Morgan fingerprint density at radius 3 is 2.51 bits per heavy atom. The molecule has 1 atom stereocenters. The molecule has 1 fully saturated rings.